The highest BCUT2D eigenvalue weighted by atomic mass is 16.5. The van der Waals surface area contributed by atoms with Gasteiger partial charge < -0.3 is 15.0 Å². The minimum atomic E-state index is -0.0135. The van der Waals surface area contributed by atoms with Crippen molar-refractivity contribution in [1.29, 1.82) is 0 Å². The molecule has 6 heteroatoms. The number of ether oxygens (including phenoxy) is 1. The van der Waals surface area contributed by atoms with Crippen LogP contribution in [0.25, 0.3) is 0 Å². The van der Waals surface area contributed by atoms with E-state index in [1.807, 2.05) is 25.1 Å². The monoisotopic (exact) mass is 317 g/mol. The number of hydrogen-bond donors (Lipinski definition) is 1. The van der Waals surface area contributed by atoms with Gasteiger partial charge >= 0.3 is 0 Å². The van der Waals surface area contributed by atoms with Gasteiger partial charge in [-0.2, -0.15) is 0 Å². The number of rotatable bonds is 3. The van der Waals surface area contributed by atoms with Crippen LogP contribution in [0.2, 0.25) is 0 Å². The van der Waals surface area contributed by atoms with Crippen molar-refractivity contribution in [2.45, 2.75) is 26.4 Å². The average molecular weight is 317 g/mol. The number of morpholine rings is 1. The van der Waals surface area contributed by atoms with Gasteiger partial charge in [0.25, 0.3) is 0 Å². The fourth-order valence-electron chi connectivity index (χ4n) is 3.24. The number of fused-ring (bicyclic) bond motifs is 1. The quantitative estimate of drug-likeness (QED) is 0.911. The van der Waals surface area contributed by atoms with Gasteiger partial charge in [-0.15, -0.1) is 0 Å². The van der Waals surface area contributed by atoms with Crippen molar-refractivity contribution in [3.05, 3.63) is 23.8 Å². The molecule has 0 unspecified atom stereocenters. The molecular weight excluding hydrogens is 294 g/mol. The number of carbonyl (C=O) groups is 2. The zero-order valence-corrected chi connectivity index (χ0v) is 13.7. The Morgan fingerprint density at radius 2 is 2.17 bits per heavy atom. The predicted molar refractivity (Wildman–Crippen MR) is 88.7 cm³/mol. The molecule has 6 nitrogen and oxygen atoms in total. The van der Waals surface area contributed by atoms with Gasteiger partial charge in [-0.05, 0) is 37.1 Å². The fraction of sp³-hybridized carbons (Fsp3) is 0.529. The smallest absolute Gasteiger partial charge is 0.238 e. The molecule has 0 aromatic heterocycles. The molecule has 124 valence electrons. The Kier molecular flexibility index (Phi) is 4.63. The van der Waals surface area contributed by atoms with Crippen molar-refractivity contribution in [2.24, 2.45) is 0 Å². The topological polar surface area (TPSA) is 61.9 Å². The van der Waals surface area contributed by atoms with Gasteiger partial charge in [-0.3, -0.25) is 14.5 Å². The van der Waals surface area contributed by atoms with E-state index in [4.69, 9.17) is 4.74 Å². The second kappa shape index (κ2) is 6.68. The van der Waals surface area contributed by atoms with E-state index in [1.54, 1.807) is 11.8 Å². The molecule has 1 aromatic carbocycles. The largest absolute Gasteiger partial charge is 0.376 e. The summed E-state index contributed by atoms with van der Waals surface area (Å²) in [6.45, 7) is 6.94. The molecule has 1 fully saturated rings. The third-order valence-electron chi connectivity index (χ3n) is 4.33. The molecule has 1 saturated heterocycles. The maximum Gasteiger partial charge on any atom is 0.238 e. The number of anilines is 2. The predicted octanol–water partition coefficient (Wildman–Crippen LogP) is 1.25. The Balaban J connectivity index is 1.60. The summed E-state index contributed by atoms with van der Waals surface area (Å²) < 4.78 is 5.48. The molecule has 2 heterocycles. The zero-order chi connectivity index (χ0) is 16.4. The number of hydrogen-bond acceptors (Lipinski definition) is 4. The minimum Gasteiger partial charge on any atom is -0.376 e. The van der Waals surface area contributed by atoms with E-state index >= 15 is 0 Å². The van der Waals surface area contributed by atoms with Gasteiger partial charge in [0.15, 0.2) is 0 Å². The third-order valence-corrected chi connectivity index (χ3v) is 4.33. The van der Waals surface area contributed by atoms with Gasteiger partial charge in [0, 0.05) is 37.9 Å². The summed E-state index contributed by atoms with van der Waals surface area (Å²) in [5, 5.41) is 2.95. The van der Waals surface area contributed by atoms with Crippen LogP contribution in [-0.4, -0.2) is 55.6 Å². The van der Waals surface area contributed by atoms with E-state index in [1.165, 1.54) is 0 Å². The van der Waals surface area contributed by atoms with E-state index in [9.17, 15) is 9.59 Å². The highest BCUT2D eigenvalue weighted by Gasteiger charge is 2.23. The first-order valence-electron chi connectivity index (χ1n) is 8.08. The van der Waals surface area contributed by atoms with Gasteiger partial charge in [-0.25, -0.2) is 0 Å². The van der Waals surface area contributed by atoms with Gasteiger partial charge in [0.2, 0.25) is 11.8 Å². The van der Waals surface area contributed by atoms with Crippen LogP contribution in [0.1, 0.15) is 19.4 Å². The SMILES string of the molecule is CC(=O)N1CCc2cc(NC(=O)CN3CCO[C@H](C)C3)ccc21. The molecular formula is C17H23N3O3. The van der Waals surface area contributed by atoms with Gasteiger partial charge in [0.05, 0.1) is 19.3 Å². The molecule has 0 radical (unpaired) electrons. The van der Waals surface area contributed by atoms with Crippen LogP contribution >= 0.6 is 0 Å². The summed E-state index contributed by atoms with van der Waals surface area (Å²) in [4.78, 5) is 27.6. The second-order valence-electron chi connectivity index (χ2n) is 6.23. The molecule has 1 N–H and O–H groups in total. The Hall–Kier alpha value is -1.92. The van der Waals surface area contributed by atoms with E-state index in [0.29, 0.717) is 19.7 Å². The lowest BCUT2D eigenvalue weighted by atomic mass is 10.1. The highest BCUT2D eigenvalue weighted by Crippen LogP contribution is 2.30. The van der Waals surface area contributed by atoms with Crippen LogP contribution in [-0.2, 0) is 20.7 Å². The first kappa shape index (κ1) is 16.0. The summed E-state index contributed by atoms with van der Waals surface area (Å²) >= 11 is 0. The van der Waals surface area contributed by atoms with E-state index in [0.717, 1.165) is 36.4 Å². The summed E-state index contributed by atoms with van der Waals surface area (Å²) in [5.41, 5.74) is 2.86. The molecule has 0 aliphatic carbocycles. The number of carbonyl (C=O) groups excluding carboxylic acids is 2. The number of nitrogens with zero attached hydrogens (tertiary/aromatic N) is 2. The minimum absolute atomic E-state index is 0.0135. The average Bonchev–Trinajstić information content (AvgIpc) is 2.90. The van der Waals surface area contributed by atoms with Crippen molar-refractivity contribution in [3.8, 4) is 0 Å². The van der Waals surface area contributed by atoms with Crippen LogP contribution in [0, 0.1) is 0 Å². The lowest BCUT2D eigenvalue weighted by molar-refractivity contribution is -0.119. The molecule has 0 saturated carbocycles. The molecule has 0 bridgehead atoms. The van der Waals surface area contributed by atoms with Crippen LogP contribution in [0.3, 0.4) is 0 Å². The maximum atomic E-state index is 12.2. The van der Waals surface area contributed by atoms with Crippen molar-refractivity contribution in [1.82, 2.24) is 4.90 Å². The summed E-state index contributed by atoms with van der Waals surface area (Å²) in [6, 6.07) is 5.74. The zero-order valence-electron chi connectivity index (χ0n) is 13.7. The lowest BCUT2D eigenvalue weighted by Crippen LogP contribution is -2.44. The molecule has 2 aliphatic heterocycles. The molecule has 1 aromatic rings. The normalized spacial score (nSPS) is 21.1. The number of benzene rings is 1. The second-order valence-corrected chi connectivity index (χ2v) is 6.23. The summed E-state index contributed by atoms with van der Waals surface area (Å²) in [7, 11) is 0. The molecule has 2 amide bonds. The highest BCUT2D eigenvalue weighted by molar-refractivity contribution is 5.96. The van der Waals surface area contributed by atoms with E-state index in [2.05, 4.69) is 10.2 Å². The summed E-state index contributed by atoms with van der Waals surface area (Å²) in [6.07, 6.45) is 1.01. The Bertz CT molecular complexity index is 617. The molecule has 23 heavy (non-hydrogen) atoms. The van der Waals surface area contributed by atoms with Crippen molar-refractivity contribution < 1.29 is 14.3 Å². The Morgan fingerprint density at radius 3 is 2.91 bits per heavy atom. The van der Waals surface area contributed by atoms with Crippen molar-refractivity contribution in [3.63, 3.8) is 0 Å². The van der Waals surface area contributed by atoms with Crippen molar-refractivity contribution >= 4 is 23.2 Å². The lowest BCUT2D eigenvalue weighted by Gasteiger charge is -2.30. The molecule has 1 atom stereocenters. The van der Waals surface area contributed by atoms with Gasteiger partial charge in [-0.1, -0.05) is 0 Å². The number of nitrogens with one attached hydrogen (secondary N) is 1. The van der Waals surface area contributed by atoms with Gasteiger partial charge in [0.1, 0.15) is 0 Å². The summed E-state index contributed by atoms with van der Waals surface area (Å²) in [5.74, 6) is 0.0439. The van der Waals surface area contributed by atoms with Crippen LogP contribution in [0.4, 0.5) is 11.4 Å². The first-order chi connectivity index (χ1) is 11.0. The molecule has 0 spiro atoms. The molecule has 2 aliphatic rings. The van der Waals surface area contributed by atoms with E-state index in [-0.39, 0.29) is 17.9 Å². The third kappa shape index (κ3) is 3.71. The van der Waals surface area contributed by atoms with Crippen LogP contribution in [0.15, 0.2) is 18.2 Å². The number of amides is 2. The van der Waals surface area contributed by atoms with Crippen molar-refractivity contribution in [2.75, 3.05) is 43.0 Å². The Morgan fingerprint density at radius 1 is 1.35 bits per heavy atom. The first-order valence-corrected chi connectivity index (χ1v) is 8.08. The standard InChI is InChI=1S/C17H23N3O3/c1-12-10-19(7-8-23-12)11-17(22)18-15-3-4-16-14(9-15)5-6-20(16)13(2)21/h3-4,9,12H,5-8,10-11H2,1-2H3,(H,18,22)/t12-/m1/s1. The molecule has 3 rings (SSSR count). The van der Waals surface area contributed by atoms with E-state index < -0.39 is 0 Å². The maximum absolute atomic E-state index is 12.2. The van der Waals surface area contributed by atoms with Crippen LogP contribution in [0.5, 0.6) is 0 Å². The fourth-order valence-corrected chi connectivity index (χ4v) is 3.24. The Labute approximate surface area is 136 Å². The van der Waals surface area contributed by atoms with Crippen LogP contribution < -0.4 is 10.2 Å².